The molecule has 2 aromatic rings. The number of nitrogens with one attached hydrogen (secondary N) is 1. The number of aromatic nitrogens is 2. The fourth-order valence-corrected chi connectivity index (χ4v) is 2.85. The van der Waals surface area contributed by atoms with E-state index in [0.717, 1.165) is 5.56 Å². The number of aliphatic carboxylic acids is 2. The Morgan fingerprint density at radius 2 is 1.61 bits per heavy atom. The van der Waals surface area contributed by atoms with E-state index in [1.807, 2.05) is 13.8 Å². The highest BCUT2D eigenvalue weighted by molar-refractivity contribution is 5.77. The van der Waals surface area contributed by atoms with Crippen LogP contribution in [0.1, 0.15) is 25.8 Å². The predicted octanol–water partition coefficient (Wildman–Crippen LogP) is 1.38. The van der Waals surface area contributed by atoms with Gasteiger partial charge in [0, 0.05) is 12.4 Å². The number of halogens is 1. The number of carboxylic acid groups (broad SMARTS) is 2. The van der Waals surface area contributed by atoms with Crippen molar-refractivity contribution < 1.29 is 24.2 Å². The van der Waals surface area contributed by atoms with Crippen LogP contribution in [-0.2, 0) is 22.7 Å². The number of imidazole rings is 1. The van der Waals surface area contributed by atoms with Crippen molar-refractivity contribution in [2.45, 2.75) is 45.4 Å². The Hall–Kier alpha value is -2.94. The maximum Gasteiger partial charge on any atom is 0.328 e. The molecule has 2 atom stereocenters. The van der Waals surface area contributed by atoms with Gasteiger partial charge in [0.25, 0.3) is 0 Å². The van der Waals surface area contributed by atoms with Crippen LogP contribution in [0.2, 0.25) is 0 Å². The zero-order valence-corrected chi connectivity index (χ0v) is 15.7. The monoisotopic (exact) mass is 393 g/mol. The predicted molar refractivity (Wildman–Crippen MR) is 99.6 cm³/mol. The molecule has 0 amide bonds. The molecular formula is C19H24FN3O5. The molecule has 0 aliphatic heterocycles. The molecular weight excluding hydrogens is 369 g/mol. The quantitative estimate of drug-likeness (QED) is 0.562. The second-order valence-corrected chi connectivity index (χ2v) is 7.07. The van der Waals surface area contributed by atoms with Gasteiger partial charge in [0.05, 0.1) is 13.1 Å². The minimum Gasteiger partial charge on any atom is -0.480 e. The summed E-state index contributed by atoms with van der Waals surface area (Å²) in [6.45, 7) is 3.68. The summed E-state index contributed by atoms with van der Waals surface area (Å²) in [4.78, 5) is 35.5. The number of rotatable bonds is 10. The zero-order valence-electron chi connectivity index (χ0n) is 15.7. The van der Waals surface area contributed by atoms with Crippen LogP contribution in [0.15, 0.2) is 41.5 Å². The van der Waals surface area contributed by atoms with E-state index < -0.39 is 29.7 Å². The van der Waals surface area contributed by atoms with E-state index in [2.05, 4.69) is 5.32 Å². The first-order valence-corrected chi connectivity index (χ1v) is 8.89. The van der Waals surface area contributed by atoms with Crippen LogP contribution in [0, 0.1) is 11.7 Å². The lowest BCUT2D eigenvalue weighted by molar-refractivity contribution is -0.143. The fraction of sp³-hybridized carbons (Fsp3) is 0.421. The van der Waals surface area contributed by atoms with Gasteiger partial charge in [0.15, 0.2) is 0 Å². The number of hydrogen-bond acceptors (Lipinski definition) is 4. The summed E-state index contributed by atoms with van der Waals surface area (Å²) in [6.07, 6.45) is 3.22. The molecule has 9 heteroatoms. The zero-order chi connectivity index (χ0) is 20.8. The van der Waals surface area contributed by atoms with E-state index in [0.29, 0.717) is 0 Å². The van der Waals surface area contributed by atoms with Crippen LogP contribution in [0.3, 0.4) is 0 Å². The van der Waals surface area contributed by atoms with E-state index in [1.165, 1.54) is 33.7 Å². The lowest BCUT2D eigenvalue weighted by atomic mass is 10.0. The molecule has 0 aliphatic rings. The van der Waals surface area contributed by atoms with Gasteiger partial charge in [0.2, 0.25) is 0 Å². The summed E-state index contributed by atoms with van der Waals surface area (Å²) < 4.78 is 15.6. The number of nitrogens with zero attached hydrogens (tertiary/aromatic N) is 2. The minimum absolute atomic E-state index is 0.0579. The molecule has 1 heterocycles. The summed E-state index contributed by atoms with van der Waals surface area (Å²) in [5, 5.41) is 21.4. The summed E-state index contributed by atoms with van der Waals surface area (Å²) >= 11 is 0. The van der Waals surface area contributed by atoms with Crippen LogP contribution in [0.4, 0.5) is 4.39 Å². The Kier molecular flexibility index (Phi) is 7.11. The molecule has 3 N–H and O–H groups in total. The van der Waals surface area contributed by atoms with Gasteiger partial charge in [0.1, 0.15) is 17.9 Å². The van der Waals surface area contributed by atoms with Crippen molar-refractivity contribution >= 4 is 11.9 Å². The molecule has 1 aromatic heterocycles. The highest BCUT2D eigenvalue weighted by Gasteiger charge is 2.27. The smallest absolute Gasteiger partial charge is 0.328 e. The highest BCUT2D eigenvalue weighted by atomic mass is 19.1. The Balaban J connectivity index is 2.14. The van der Waals surface area contributed by atoms with E-state index in [9.17, 15) is 29.0 Å². The van der Waals surface area contributed by atoms with Crippen molar-refractivity contribution in [3.63, 3.8) is 0 Å². The third kappa shape index (κ3) is 5.78. The standard InChI is InChI=1S/C19H24FN3O5/c1-12(2)9-15(17(24)25)21-16(18(26)27)11-23-8-7-22(19(23)28)10-13-3-5-14(20)6-4-13/h3-8,12,15-16,21H,9-11H2,1-2H3,(H,24,25)(H,26,27)/t15-,16?/m0/s1. The van der Waals surface area contributed by atoms with Gasteiger partial charge in [-0.05, 0) is 30.0 Å². The Labute approximate surface area is 161 Å². The number of hydrogen-bond donors (Lipinski definition) is 3. The summed E-state index contributed by atoms with van der Waals surface area (Å²) in [7, 11) is 0. The van der Waals surface area contributed by atoms with E-state index in [1.54, 1.807) is 12.1 Å². The summed E-state index contributed by atoms with van der Waals surface area (Å²) in [5.74, 6) is -2.70. The normalized spacial score (nSPS) is 13.4. The largest absolute Gasteiger partial charge is 0.480 e. The molecule has 152 valence electrons. The third-order valence-electron chi connectivity index (χ3n) is 4.27. The average molecular weight is 393 g/mol. The maximum absolute atomic E-state index is 13.0. The Bertz CT molecular complexity index is 872. The lowest BCUT2D eigenvalue weighted by Crippen LogP contribution is -2.50. The van der Waals surface area contributed by atoms with Crippen molar-refractivity contribution in [1.29, 1.82) is 0 Å². The molecule has 0 saturated heterocycles. The SMILES string of the molecule is CC(C)C[C@H](NC(Cn1ccn(Cc2ccc(F)cc2)c1=O)C(=O)O)C(=O)O. The fourth-order valence-electron chi connectivity index (χ4n) is 2.85. The van der Waals surface area contributed by atoms with Gasteiger partial charge >= 0.3 is 17.6 Å². The van der Waals surface area contributed by atoms with Gasteiger partial charge in [-0.3, -0.25) is 24.0 Å². The first-order chi connectivity index (χ1) is 13.2. The van der Waals surface area contributed by atoms with Crippen LogP contribution in [-0.4, -0.2) is 43.4 Å². The molecule has 28 heavy (non-hydrogen) atoms. The molecule has 2 rings (SSSR count). The summed E-state index contributed by atoms with van der Waals surface area (Å²) in [5.41, 5.74) is 0.283. The number of carbonyl (C=O) groups is 2. The van der Waals surface area contributed by atoms with Gasteiger partial charge < -0.3 is 10.2 Å². The van der Waals surface area contributed by atoms with Crippen molar-refractivity contribution in [1.82, 2.24) is 14.5 Å². The van der Waals surface area contributed by atoms with Gasteiger partial charge in [-0.1, -0.05) is 26.0 Å². The molecule has 8 nitrogen and oxygen atoms in total. The number of benzene rings is 1. The van der Waals surface area contributed by atoms with Crippen LogP contribution >= 0.6 is 0 Å². The van der Waals surface area contributed by atoms with Gasteiger partial charge in [-0.2, -0.15) is 0 Å². The van der Waals surface area contributed by atoms with E-state index >= 15 is 0 Å². The van der Waals surface area contributed by atoms with Crippen LogP contribution in [0.5, 0.6) is 0 Å². The highest BCUT2D eigenvalue weighted by Crippen LogP contribution is 2.07. The molecule has 0 fully saturated rings. The van der Waals surface area contributed by atoms with Crippen LogP contribution < -0.4 is 11.0 Å². The molecule has 0 aliphatic carbocycles. The third-order valence-corrected chi connectivity index (χ3v) is 4.27. The van der Waals surface area contributed by atoms with E-state index in [4.69, 9.17) is 0 Å². The van der Waals surface area contributed by atoms with Crippen molar-refractivity contribution in [2.24, 2.45) is 5.92 Å². The first-order valence-electron chi connectivity index (χ1n) is 8.89. The second-order valence-electron chi connectivity index (χ2n) is 7.07. The van der Waals surface area contributed by atoms with Gasteiger partial charge in [-0.15, -0.1) is 0 Å². The molecule has 0 bridgehead atoms. The van der Waals surface area contributed by atoms with Crippen molar-refractivity contribution in [3.05, 3.63) is 58.5 Å². The minimum atomic E-state index is -1.24. The van der Waals surface area contributed by atoms with E-state index in [-0.39, 0.29) is 31.2 Å². The molecule has 0 radical (unpaired) electrons. The molecule has 0 saturated carbocycles. The maximum atomic E-state index is 13.0. The molecule has 1 aromatic carbocycles. The van der Waals surface area contributed by atoms with Gasteiger partial charge in [-0.25, -0.2) is 9.18 Å². The molecule has 0 spiro atoms. The number of carboxylic acids is 2. The van der Waals surface area contributed by atoms with Crippen LogP contribution in [0.25, 0.3) is 0 Å². The topological polar surface area (TPSA) is 114 Å². The summed E-state index contributed by atoms with van der Waals surface area (Å²) in [6, 6.07) is 3.44. The molecule has 1 unspecified atom stereocenters. The van der Waals surface area contributed by atoms with Crippen molar-refractivity contribution in [2.75, 3.05) is 0 Å². The second kappa shape index (κ2) is 9.32. The lowest BCUT2D eigenvalue weighted by Gasteiger charge is -2.21. The average Bonchev–Trinajstić information content (AvgIpc) is 2.95. The first kappa shape index (κ1) is 21.4. The van der Waals surface area contributed by atoms with Crippen molar-refractivity contribution in [3.8, 4) is 0 Å². The Morgan fingerprint density at radius 1 is 1.04 bits per heavy atom. The Morgan fingerprint density at radius 3 is 2.14 bits per heavy atom.